The van der Waals surface area contributed by atoms with Crippen LogP contribution in [0, 0.1) is 17.2 Å². The summed E-state index contributed by atoms with van der Waals surface area (Å²) >= 11 is 6.02. The van der Waals surface area contributed by atoms with Gasteiger partial charge >= 0.3 is 0 Å². The van der Waals surface area contributed by atoms with Gasteiger partial charge in [0.05, 0.1) is 23.9 Å². The zero-order valence-electron chi connectivity index (χ0n) is 15.8. The van der Waals surface area contributed by atoms with Crippen molar-refractivity contribution in [2.45, 2.75) is 18.9 Å². The van der Waals surface area contributed by atoms with Crippen LogP contribution in [-0.4, -0.2) is 27.3 Å². The van der Waals surface area contributed by atoms with E-state index >= 15 is 0 Å². The number of aliphatic hydroxyl groups is 1. The summed E-state index contributed by atoms with van der Waals surface area (Å²) in [7, 11) is 1.72. The molecular weight excluding hydrogens is 390 g/mol. The highest BCUT2D eigenvalue weighted by atomic mass is 35.5. The summed E-state index contributed by atoms with van der Waals surface area (Å²) in [6, 6.07) is 10.8. The molecule has 1 aliphatic carbocycles. The number of fused-ring (bicyclic) bond motifs is 1. The third kappa shape index (κ3) is 3.77. The number of anilines is 3. The lowest BCUT2D eigenvalue weighted by Crippen LogP contribution is -2.27. The van der Waals surface area contributed by atoms with Gasteiger partial charge in [-0.25, -0.2) is 4.98 Å². The molecule has 0 amide bonds. The molecule has 8 heteroatoms. The molecule has 1 aliphatic rings. The first-order chi connectivity index (χ1) is 14.0. The molecule has 3 aromatic rings. The number of halogens is 1. The zero-order valence-corrected chi connectivity index (χ0v) is 16.6. The van der Waals surface area contributed by atoms with E-state index in [1.165, 1.54) is 6.20 Å². The summed E-state index contributed by atoms with van der Waals surface area (Å²) in [5, 5.41) is 26.6. The van der Waals surface area contributed by atoms with Crippen molar-refractivity contribution < 1.29 is 5.11 Å². The number of aromatic nitrogens is 2. The van der Waals surface area contributed by atoms with Crippen LogP contribution < -0.4 is 16.2 Å². The third-order valence-electron chi connectivity index (χ3n) is 5.27. The van der Waals surface area contributed by atoms with Crippen LogP contribution in [0.25, 0.3) is 10.9 Å². The van der Waals surface area contributed by atoms with Crippen LogP contribution in [0.5, 0.6) is 0 Å². The van der Waals surface area contributed by atoms with E-state index in [0.29, 0.717) is 17.3 Å². The fourth-order valence-electron chi connectivity index (χ4n) is 3.47. The molecular formula is C21H20ClN5O2. The number of hydrogen-bond donors (Lipinski definition) is 3. The normalized spacial score (nSPS) is 14.4. The Morgan fingerprint density at radius 3 is 2.83 bits per heavy atom. The molecule has 148 valence electrons. The van der Waals surface area contributed by atoms with E-state index in [0.717, 1.165) is 29.4 Å². The Bertz CT molecular complexity index is 1180. The Morgan fingerprint density at radius 1 is 1.34 bits per heavy atom. The molecule has 0 saturated heterocycles. The summed E-state index contributed by atoms with van der Waals surface area (Å²) in [6.07, 6.45) is 3.69. The van der Waals surface area contributed by atoms with Crippen molar-refractivity contribution in [1.29, 1.82) is 5.26 Å². The molecule has 0 bridgehead atoms. The van der Waals surface area contributed by atoms with Gasteiger partial charge in [-0.15, -0.1) is 0 Å². The second-order valence-corrected chi connectivity index (χ2v) is 7.58. The standard InChI is InChI=1S/C21H20ClN5O2/c1-27-19-5-4-13(25-16-6-7-24-21(22)15(16)10-23)8-14(19)17(9-20(27)29)26-18(11-28)12-2-3-12/h4-9,12,18,26,28H,2-3,11H2,1H3,(H,24,25). The Balaban J connectivity index is 1.77. The van der Waals surface area contributed by atoms with Crippen molar-refractivity contribution in [2.75, 3.05) is 17.2 Å². The van der Waals surface area contributed by atoms with Crippen LogP contribution >= 0.6 is 11.6 Å². The van der Waals surface area contributed by atoms with Gasteiger partial charge in [-0.2, -0.15) is 5.26 Å². The third-order valence-corrected chi connectivity index (χ3v) is 5.56. The van der Waals surface area contributed by atoms with Crippen LogP contribution in [-0.2, 0) is 7.05 Å². The summed E-state index contributed by atoms with van der Waals surface area (Å²) in [4.78, 5) is 16.3. The van der Waals surface area contributed by atoms with Gasteiger partial charge in [-0.3, -0.25) is 4.79 Å². The van der Waals surface area contributed by atoms with Crippen LogP contribution in [0.4, 0.5) is 17.1 Å². The number of benzene rings is 1. The molecule has 3 N–H and O–H groups in total. The largest absolute Gasteiger partial charge is 0.394 e. The monoisotopic (exact) mass is 409 g/mol. The van der Waals surface area contributed by atoms with Gasteiger partial charge in [0, 0.05) is 36.1 Å². The van der Waals surface area contributed by atoms with E-state index in [2.05, 4.69) is 21.7 Å². The van der Waals surface area contributed by atoms with Crippen molar-refractivity contribution >= 4 is 39.6 Å². The van der Waals surface area contributed by atoms with Gasteiger partial charge in [0.1, 0.15) is 16.8 Å². The first-order valence-corrected chi connectivity index (χ1v) is 9.72. The Labute approximate surface area is 172 Å². The lowest BCUT2D eigenvalue weighted by molar-refractivity contribution is 0.263. The molecule has 1 aromatic carbocycles. The molecule has 1 fully saturated rings. The van der Waals surface area contributed by atoms with Crippen LogP contribution in [0.15, 0.2) is 41.3 Å². The second kappa shape index (κ2) is 7.74. The molecule has 0 aliphatic heterocycles. The van der Waals surface area contributed by atoms with Gasteiger partial charge in [-0.05, 0) is 43.0 Å². The molecule has 1 unspecified atom stereocenters. The Morgan fingerprint density at radius 2 is 2.14 bits per heavy atom. The molecule has 7 nitrogen and oxygen atoms in total. The molecule has 29 heavy (non-hydrogen) atoms. The minimum atomic E-state index is -0.124. The minimum absolute atomic E-state index is 0.0142. The molecule has 0 spiro atoms. The number of nitrogens with one attached hydrogen (secondary N) is 2. The summed E-state index contributed by atoms with van der Waals surface area (Å²) in [6.45, 7) is 0.0142. The number of aliphatic hydroxyl groups excluding tert-OH is 1. The van der Waals surface area contributed by atoms with Gasteiger partial charge in [-0.1, -0.05) is 11.6 Å². The van der Waals surface area contributed by atoms with Gasteiger partial charge in [0.2, 0.25) is 0 Å². The molecule has 4 rings (SSSR count). The Hall–Kier alpha value is -3.08. The van der Waals surface area contributed by atoms with Crippen molar-refractivity contribution in [3.05, 3.63) is 57.6 Å². The lowest BCUT2D eigenvalue weighted by Gasteiger charge is -2.20. The SMILES string of the molecule is Cn1c(=O)cc(NC(CO)C2CC2)c2cc(Nc3ccnc(Cl)c3C#N)ccc21. The van der Waals surface area contributed by atoms with Gasteiger partial charge < -0.3 is 20.3 Å². The predicted octanol–water partition coefficient (Wildman–Crippen LogP) is 3.38. The molecule has 2 heterocycles. The van der Waals surface area contributed by atoms with Gasteiger partial charge in [0.25, 0.3) is 5.56 Å². The Kier molecular flexibility index (Phi) is 5.14. The molecule has 0 radical (unpaired) electrons. The first-order valence-electron chi connectivity index (χ1n) is 9.34. The van der Waals surface area contributed by atoms with E-state index in [1.54, 1.807) is 23.7 Å². The molecule has 2 aromatic heterocycles. The molecule has 1 atom stereocenters. The fourth-order valence-corrected chi connectivity index (χ4v) is 3.67. The van der Waals surface area contributed by atoms with Crippen molar-refractivity contribution in [3.8, 4) is 6.07 Å². The maximum absolute atomic E-state index is 12.4. The topological polar surface area (TPSA) is 103 Å². The maximum atomic E-state index is 12.4. The van der Waals surface area contributed by atoms with Crippen LogP contribution in [0.3, 0.4) is 0 Å². The van der Waals surface area contributed by atoms with E-state index in [9.17, 15) is 15.2 Å². The summed E-state index contributed by atoms with van der Waals surface area (Å²) in [5.74, 6) is 0.428. The highest BCUT2D eigenvalue weighted by Crippen LogP contribution is 2.35. The van der Waals surface area contributed by atoms with Crippen LogP contribution in [0.2, 0.25) is 5.15 Å². The van der Waals surface area contributed by atoms with Crippen LogP contribution in [0.1, 0.15) is 18.4 Å². The number of nitriles is 1. The first kappa shape index (κ1) is 19.2. The number of rotatable bonds is 6. The predicted molar refractivity (Wildman–Crippen MR) is 114 cm³/mol. The van der Waals surface area contributed by atoms with E-state index in [-0.39, 0.29) is 28.9 Å². The summed E-state index contributed by atoms with van der Waals surface area (Å²) in [5.41, 5.74) is 2.89. The number of aryl methyl sites for hydroxylation is 1. The highest BCUT2D eigenvalue weighted by molar-refractivity contribution is 6.31. The van der Waals surface area contributed by atoms with Crippen molar-refractivity contribution in [3.63, 3.8) is 0 Å². The number of pyridine rings is 2. The van der Waals surface area contributed by atoms with E-state index in [4.69, 9.17) is 11.6 Å². The number of nitrogens with zero attached hydrogens (tertiary/aromatic N) is 3. The average Bonchev–Trinajstić information content (AvgIpc) is 3.55. The van der Waals surface area contributed by atoms with Crippen molar-refractivity contribution in [1.82, 2.24) is 9.55 Å². The van der Waals surface area contributed by atoms with E-state index in [1.807, 2.05) is 18.2 Å². The summed E-state index contributed by atoms with van der Waals surface area (Å²) < 4.78 is 1.58. The smallest absolute Gasteiger partial charge is 0.252 e. The minimum Gasteiger partial charge on any atom is -0.394 e. The van der Waals surface area contributed by atoms with Crippen molar-refractivity contribution in [2.24, 2.45) is 13.0 Å². The second-order valence-electron chi connectivity index (χ2n) is 7.22. The quantitative estimate of drug-likeness (QED) is 0.539. The van der Waals surface area contributed by atoms with E-state index < -0.39 is 0 Å². The van der Waals surface area contributed by atoms with Gasteiger partial charge in [0.15, 0.2) is 0 Å². The highest BCUT2D eigenvalue weighted by Gasteiger charge is 2.31. The fraction of sp³-hybridized carbons (Fsp3) is 0.286. The lowest BCUT2D eigenvalue weighted by atomic mass is 10.1. The zero-order chi connectivity index (χ0) is 20.5. The molecule has 1 saturated carbocycles. The maximum Gasteiger partial charge on any atom is 0.252 e. The average molecular weight is 410 g/mol. The number of hydrogen-bond acceptors (Lipinski definition) is 6.